The third-order valence-electron chi connectivity index (χ3n) is 4.39. The predicted octanol–water partition coefficient (Wildman–Crippen LogP) is 2.20. The molecule has 0 saturated heterocycles. The minimum Gasteiger partial charge on any atom is -0.393 e. The zero-order chi connectivity index (χ0) is 12.7. The molecule has 3 heteroatoms. The van der Waals surface area contributed by atoms with Gasteiger partial charge in [-0.1, -0.05) is 6.42 Å². The summed E-state index contributed by atoms with van der Waals surface area (Å²) in [6.07, 6.45) is 7.33. The molecule has 0 bridgehead atoms. The fraction of sp³-hybridized carbons (Fsp3) is 0.667. The number of aliphatic hydroxyl groups excluding tert-OH is 1. The molecule has 2 aliphatic rings. The van der Waals surface area contributed by atoms with Crippen molar-refractivity contribution < 1.29 is 5.11 Å². The quantitative estimate of drug-likeness (QED) is 0.889. The maximum atomic E-state index is 12.1. The first-order valence-corrected chi connectivity index (χ1v) is 7.04. The van der Waals surface area contributed by atoms with Crippen molar-refractivity contribution in [2.45, 2.75) is 57.6 Å². The first-order valence-electron chi connectivity index (χ1n) is 7.04. The van der Waals surface area contributed by atoms with E-state index in [0.717, 1.165) is 24.8 Å². The number of aromatic nitrogens is 1. The first kappa shape index (κ1) is 12.0. The smallest absolute Gasteiger partial charge is 0.253 e. The molecule has 98 valence electrons. The van der Waals surface area contributed by atoms with Gasteiger partial charge in [-0.3, -0.25) is 4.79 Å². The Kier molecular flexibility index (Phi) is 3.02. The summed E-state index contributed by atoms with van der Waals surface area (Å²) in [5, 5.41) is 9.89. The van der Waals surface area contributed by atoms with Gasteiger partial charge in [0.05, 0.1) is 6.10 Å². The lowest BCUT2D eigenvalue weighted by atomic mass is 10.1. The average molecular weight is 247 g/mol. The van der Waals surface area contributed by atoms with E-state index in [1.165, 1.54) is 18.4 Å². The van der Waals surface area contributed by atoms with E-state index in [0.29, 0.717) is 12.5 Å². The summed E-state index contributed by atoms with van der Waals surface area (Å²) in [5.74, 6) is 0.931. The molecule has 2 aliphatic carbocycles. The van der Waals surface area contributed by atoms with Crippen LogP contribution in [0.4, 0.5) is 0 Å². The Balaban J connectivity index is 1.87. The topological polar surface area (TPSA) is 42.2 Å². The molecule has 1 aromatic rings. The SMILES string of the molecule is Cc1cc(C2CC2)cn(CC2CCCC2O)c1=O. The molecule has 2 saturated carbocycles. The molecular formula is C15H21NO2. The largest absolute Gasteiger partial charge is 0.393 e. The van der Waals surface area contributed by atoms with E-state index < -0.39 is 0 Å². The molecule has 3 rings (SSSR count). The lowest BCUT2D eigenvalue weighted by molar-refractivity contribution is 0.122. The van der Waals surface area contributed by atoms with Crippen LogP contribution in [0.15, 0.2) is 17.1 Å². The van der Waals surface area contributed by atoms with Gasteiger partial charge in [-0.05, 0) is 50.2 Å². The summed E-state index contributed by atoms with van der Waals surface area (Å²) < 4.78 is 1.84. The normalized spacial score (nSPS) is 27.7. The highest BCUT2D eigenvalue weighted by molar-refractivity contribution is 5.25. The van der Waals surface area contributed by atoms with Crippen molar-refractivity contribution in [3.8, 4) is 0 Å². The van der Waals surface area contributed by atoms with Gasteiger partial charge >= 0.3 is 0 Å². The van der Waals surface area contributed by atoms with E-state index in [1.807, 2.05) is 23.8 Å². The lowest BCUT2D eigenvalue weighted by Crippen LogP contribution is -2.28. The fourth-order valence-corrected chi connectivity index (χ4v) is 3.07. The molecule has 1 aromatic heterocycles. The van der Waals surface area contributed by atoms with Crippen LogP contribution >= 0.6 is 0 Å². The fourth-order valence-electron chi connectivity index (χ4n) is 3.07. The van der Waals surface area contributed by atoms with Crippen LogP contribution in [0.3, 0.4) is 0 Å². The molecule has 0 aliphatic heterocycles. The van der Waals surface area contributed by atoms with Crippen molar-refractivity contribution in [2.24, 2.45) is 5.92 Å². The second-order valence-electron chi connectivity index (χ2n) is 5.95. The average Bonchev–Trinajstić information content (AvgIpc) is 3.11. The van der Waals surface area contributed by atoms with Crippen molar-refractivity contribution >= 4 is 0 Å². The van der Waals surface area contributed by atoms with E-state index in [4.69, 9.17) is 0 Å². The Morgan fingerprint density at radius 2 is 2.11 bits per heavy atom. The van der Waals surface area contributed by atoms with Crippen LogP contribution in [0, 0.1) is 12.8 Å². The molecule has 0 radical (unpaired) electrons. The number of pyridine rings is 1. The Morgan fingerprint density at radius 1 is 1.33 bits per heavy atom. The van der Waals surface area contributed by atoms with E-state index in [-0.39, 0.29) is 17.6 Å². The lowest BCUT2D eigenvalue weighted by Gasteiger charge is -2.17. The number of rotatable bonds is 3. The summed E-state index contributed by atoms with van der Waals surface area (Å²) in [7, 11) is 0. The molecule has 0 aromatic carbocycles. The Labute approximate surface area is 107 Å². The summed E-state index contributed by atoms with van der Waals surface area (Å²) in [5.41, 5.74) is 2.25. The third-order valence-corrected chi connectivity index (χ3v) is 4.39. The number of hydrogen-bond donors (Lipinski definition) is 1. The molecule has 1 N–H and O–H groups in total. The molecule has 2 atom stereocenters. The summed E-state index contributed by atoms with van der Waals surface area (Å²) >= 11 is 0. The van der Waals surface area contributed by atoms with Crippen LogP contribution in [-0.2, 0) is 6.54 Å². The molecule has 18 heavy (non-hydrogen) atoms. The molecule has 3 nitrogen and oxygen atoms in total. The summed E-state index contributed by atoms with van der Waals surface area (Å²) in [6, 6.07) is 2.04. The zero-order valence-corrected chi connectivity index (χ0v) is 10.9. The Morgan fingerprint density at radius 3 is 2.72 bits per heavy atom. The van der Waals surface area contributed by atoms with Gasteiger partial charge in [0.2, 0.25) is 0 Å². The van der Waals surface area contributed by atoms with Gasteiger partial charge in [-0.25, -0.2) is 0 Å². The summed E-state index contributed by atoms with van der Waals surface area (Å²) in [6.45, 7) is 2.58. The standard InChI is InChI=1S/C15H21NO2/c1-10-7-13(11-5-6-11)9-16(15(10)18)8-12-3-2-4-14(12)17/h7,9,11-12,14,17H,2-6,8H2,1H3. The molecule has 2 fully saturated rings. The van der Waals surface area contributed by atoms with Crippen LogP contribution < -0.4 is 5.56 Å². The Hall–Kier alpha value is -1.09. The Bertz CT molecular complexity index is 502. The highest BCUT2D eigenvalue weighted by atomic mass is 16.3. The molecule has 0 spiro atoms. The monoisotopic (exact) mass is 247 g/mol. The van der Waals surface area contributed by atoms with Gasteiger partial charge in [-0.15, -0.1) is 0 Å². The highest BCUT2D eigenvalue weighted by Crippen LogP contribution is 2.40. The van der Waals surface area contributed by atoms with Gasteiger partial charge < -0.3 is 9.67 Å². The van der Waals surface area contributed by atoms with Crippen LogP contribution in [0.5, 0.6) is 0 Å². The third kappa shape index (κ3) is 2.24. The van der Waals surface area contributed by atoms with Crippen molar-refractivity contribution in [2.75, 3.05) is 0 Å². The highest BCUT2D eigenvalue weighted by Gasteiger charge is 2.28. The molecule has 2 unspecified atom stereocenters. The van der Waals surface area contributed by atoms with Gasteiger partial charge in [0.25, 0.3) is 5.56 Å². The predicted molar refractivity (Wildman–Crippen MR) is 70.8 cm³/mol. The second kappa shape index (κ2) is 4.54. The number of aliphatic hydroxyl groups is 1. The van der Waals surface area contributed by atoms with Crippen LogP contribution in [-0.4, -0.2) is 15.8 Å². The molecule has 0 amide bonds. The maximum absolute atomic E-state index is 12.1. The van der Waals surface area contributed by atoms with Gasteiger partial charge in [0, 0.05) is 24.2 Å². The van der Waals surface area contributed by atoms with Gasteiger partial charge in [-0.2, -0.15) is 0 Å². The van der Waals surface area contributed by atoms with Crippen molar-refractivity contribution in [3.05, 3.63) is 33.7 Å². The van der Waals surface area contributed by atoms with E-state index in [1.54, 1.807) is 0 Å². The number of aryl methyl sites for hydroxylation is 1. The van der Waals surface area contributed by atoms with E-state index >= 15 is 0 Å². The number of hydrogen-bond acceptors (Lipinski definition) is 2. The minimum atomic E-state index is -0.221. The van der Waals surface area contributed by atoms with E-state index in [9.17, 15) is 9.90 Å². The molecular weight excluding hydrogens is 226 g/mol. The minimum absolute atomic E-state index is 0.110. The van der Waals surface area contributed by atoms with Gasteiger partial charge in [0.15, 0.2) is 0 Å². The number of nitrogens with zero attached hydrogens (tertiary/aromatic N) is 1. The van der Waals surface area contributed by atoms with Crippen molar-refractivity contribution in [3.63, 3.8) is 0 Å². The van der Waals surface area contributed by atoms with Crippen molar-refractivity contribution in [1.29, 1.82) is 0 Å². The van der Waals surface area contributed by atoms with E-state index in [2.05, 4.69) is 0 Å². The van der Waals surface area contributed by atoms with Gasteiger partial charge in [0.1, 0.15) is 0 Å². The van der Waals surface area contributed by atoms with Crippen LogP contribution in [0.25, 0.3) is 0 Å². The van der Waals surface area contributed by atoms with Crippen molar-refractivity contribution in [1.82, 2.24) is 4.57 Å². The second-order valence-corrected chi connectivity index (χ2v) is 5.95. The van der Waals surface area contributed by atoms with Crippen LogP contribution in [0.1, 0.15) is 49.1 Å². The maximum Gasteiger partial charge on any atom is 0.253 e. The molecule has 1 heterocycles. The first-order chi connectivity index (χ1) is 8.65. The summed E-state index contributed by atoms with van der Waals surface area (Å²) in [4.78, 5) is 12.1. The zero-order valence-electron chi connectivity index (χ0n) is 10.9. The van der Waals surface area contributed by atoms with Crippen LogP contribution in [0.2, 0.25) is 0 Å².